The number of aromatic nitrogens is 2. The molecule has 0 radical (unpaired) electrons. The summed E-state index contributed by atoms with van der Waals surface area (Å²) >= 11 is 0. The van der Waals surface area contributed by atoms with E-state index in [1.165, 1.54) is 18.4 Å². The summed E-state index contributed by atoms with van der Waals surface area (Å²) in [6, 6.07) is 6.08. The summed E-state index contributed by atoms with van der Waals surface area (Å²) in [5, 5.41) is 9.32. The van der Waals surface area contributed by atoms with Gasteiger partial charge in [0, 0.05) is 57.5 Å². The number of H-pyrrole nitrogens is 2. The van der Waals surface area contributed by atoms with Crippen molar-refractivity contribution in [1.82, 2.24) is 25.5 Å². The average molecular weight is 688 g/mol. The van der Waals surface area contributed by atoms with Gasteiger partial charge in [0.2, 0.25) is 0 Å². The number of ether oxygens (including phenoxy) is 2. The minimum Gasteiger partial charge on any atom is -0.467 e. The quantitative estimate of drug-likeness (QED) is 0.130. The minimum absolute atomic E-state index is 0.104. The van der Waals surface area contributed by atoms with Crippen LogP contribution >= 0.6 is 0 Å². The molecular formula is C40H57N5O5. The Morgan fingerprint density at radius 2 is 1.86 bits per heavy atom. The van der Waals surface area contributed by atoms with Crippen LogP contribution in [0.25, 0.3) is 12.2 Å². The van der Waals surface area contributed by atoms with E-state index in [1.54, 1.807) is 6.08 Å². The smallest absolute Gasteiger partial charge is 0.338 e. The molecule has 8 unspecified atom stereocenters. The van der Waals surface area contributed by atoms with E-state index in [9.17, 15) is 14.4 Å². The maximum atomic E-state index is 14.7. The molecule has 272 valence electrons. The second-order valence-electron chi connectivity index (χ2n) is 16.3. The number of nitrogens with zero attached hydrogens (tertiary/aromatic N) is 1. The molecule has 2 aromatic rings. The lowest BCUT2D eigenvalue weighted by molar-refractivity contribution is -0.148. The lowest BCUT2D eigenvalue weighted by atomic mass is 9.61. The van der Waals surface area contributed by atoms with Crippen LogP contribution in [-0.2, 0) is 35.7 Å². The highest BCUT2D eigenvalue weighted by Crippen LogP contribution is 2.59. The van der Waals surface area contributed by atoms with Crippen molar-refractivity contribution in [3.8, 4) is 0 Å². The number of aromatic amines is 2. The highest BCUT2D eigenvalue weighted by atomic mass is 16.5. The van der Waals surface area contributed by atoms with Gasteiger partial charge in [0.1, 0.15) is 0 Å². The number of esters is 2. The van der Waals surface area contributed by atoms with E-state index in [4.69, 9.17) is 9.47 Å². The Bertz CT molecular complexity index is 1790. The van der Waals surface area contributed by atoms with Gasteiger partial charge in [-0.1, -0.05) is 40.2 Å². The molecule has 6 rings (SSSR count). The number of nitrogens with one attached hydrogen (secondary N) is 4. The Morgan fingerprint density at radius 3 is 2.54 bits per heavy atom. The molecule has 8 bridgehead atoms. The van der Waals surface area contributed by atoms with Gasteiger partial charge in [-0.3, -0.25) is 14.9 Å². The van der Waals surface area contributed by atoms with E-state index in [0.717, 1.165) is 43.3 Å². The number of carbonyl (C=O) groups is 3. The first kappa shape index (κ1) is 36.3. The highest BCUT2D eigenvalue weighted by Gasteiger charge is 2.68. The van der Waals surface area contributed by atoms with Crippen molar-refractivity contribution in [1.29, 1.82) is 0 Å². The average Bonchev–Trinajstić information content (AvgIpc) is 3.86. The topological polar surface area (TPSA) is 129 Å². The number of aryl methyl sites for hydroxylation is 1. The molecule has 4 N–H and O–H groups in total. The van der Waals surface area contributed by atoms with E-state index >= 15 is 0 Å². The SMILES string of the molecule is C=CC12NC(C)(CC3(CCC(=O)OCCCN(C)C)NC(C(=O)OC)(/C=c4/cc/c([nH]4)=C/c4cc5c([nH]4)C1(C)CC5)C(=O)C3C)C(CC)C2C. The van der Waals surface area contributed by atoms with Crippen LogP contribution in [0.4, 0.5) is 0 Å². The van der Waals surface area contributed by atoms with Gasteiger partial charge in [-0.2, -0.15) is 0 Å². The Labute approximate surface area is 296 Å². The van der Waals surface area contributed by atoms with Crippen LogP contribution in [0.3, 0.4) is 0 Å². The summed E-state index contributed by atoms with van der Waals surface area (Å²) in [5.41, 5.74) is -0.401. The van der Waals surface area contributed by atoms with Crippen LogP contribution in [0, 0.1) is 17.8 Å². The lowest BCUT2D eigenvalue weighted by Gasteiger charge is -2.48. The number of hydrogen-bond acceptors (Lipinski definition) is 8. The third-order valence-electron chi connectivity index (χ3n) is 13.1. The number of rotatable bonds is 10. The molecule has 8 atom stereocenters. The molecule has 2 saturated heterocycles. The number of hydrogen-bond donors (Lipinski definition) is 4. The van der Waals surface area contributed by atoms with Crippen LogP contribution in [0.1, 0.15) is 90.1 Å². The molecule has 4 aliphatic rings. The third kappa shape index (κ3) is 5.53. The van der Waals surface area contributed by atoms with Gasteiger partial charge < -0.3 is 29.7 Å². The summed E-state index contributed by atoms with van der Waals surface area (Å²) in [6.45, 7) is 16.7. The van der Waals surface area contributed by atoms with Crippen molar-refractivity contribution >= 4 is 29.9 Å². The van der Waals surface area contributed by atoms with Crippen molar-refractivity contribution in [3.05, 3.63) is 58.5 Å². The zero-order valence-electron chi connectivity index (χ0n) is 31.3. The van der Waals surface area contributed by atoms with E-state index < -0.39 is 34.0 Å². The largest absolute Gasteiger partial charge is 0.467 e. The normalized spacial score (nSPS) is 37.2. The first-order valence-electron chi connectivity index (χ1n) is 18.4. The summed E-state index contributed by atoms with van der Waals surface area (Å²) in [6.07, 6.45) is 10.4. The molecule has 1 aliphatic carbocycles. The minimum atomic E-state index is -1.76. The fraction of sp³-hybridized carbons (Fsp3) is 0.625. The van der Waals surface area contributed by atoms with Crippen molar-refractivity contribution in [2.24, 2.45) is 17.8 Å². The van der Waals surface area contributed by atoms with E-state index in [1.807, 2.05) is 33.2 Å². The lowest BCUT2D eigenvalue weighted by Crippen LogP contribution is -2.64. The Morgan fingerprint density at radius 1 is 1.12 bits per heavy atom. The summed E-state index contributed by atoms with van der Waals surface area (Å²) in [7, 11) is 5.29. The number of fused-ring (bicyclic) bond motifs is 8. The Hall–Kier alpha value is -3.47. The third-order valence-corrected chi connectivity index (χ3v) is 13.1. The van der Waals surface area contributed by atoms with Crippen molar-refractivity contribution in [2.75, 3.05) is 34.4 Å². The maximum absolute atomic E-state index is 14.7. The van der Waals surface area contributed by atoms with E-state index in [0.29, 0.717) is 24.8 Å². The maximum Gasteiger partial charge on any atom is 0.338 e. The number of ketones is 1. The van der Waals surface area contributed by atoms with Crippen molar-refractivity contribution < 1.29 is 23.9 Å². The molecule has 0 saturated carbocycles. The molecule has 2 fully saturated rings. The molecule has 10 nitrogen and oxygen atoms in total. The van der Waals surface area contributed by atoms with Crippen LogP contribution in [0.15, 0.2) is 30.9 Å². The van der Waals surface area contributed by atoms with Gasteiger partial charge in [-0.15, -0.1) is 6.58 Å². The van der Waals surface area contributed by atoms with Crippen LogP contribution in [0.5, 0.6) is 0 Å². The molecule has 2 aromatic heterocycles. The zero-order chi connectivity index (χ0) is 36.3. The molecule has 0 aromatic carbocycles. The highest BCUT2D eigenvalue weighted by molar-refractivity contribution is 6.17. The molecule has 3 aliphatic heterocycles. The standard InChI is InChI=1S/C40H57N5O5/c1-10-31-25(3)40(11-2)36(5)17-15-27-21-30(42-33(27)36)22-28-13-14-29(41-28)23-39(35(48)49-9)34(47)26(4)38(44-39,24-37(31,6)43-40)18-16-32(46)50-20-12-19-45(7)8/h11,13-14,21-23,25-26,31,41-44H,2,10,12,15-20,24H2,1,3-9H3/b28-22-,29-23-. The molecule has 10 heteroatoms. The van der Waals surface area contributed by atoms with Crippen molar-refractivity contribution in [2.45, 2.75) is 107 Å². The van der Waals surface area contributed by atoms with Gasteiger partial charge >= 0.3 is 11.9 Å². The Balaban J connectivity index is 1.53. The fourth-order valence-corrected chi connectivity index (χ4v) is 10.7. The first-order chi connectivity index (χ1) is 23.6. The van der Waals surface area contributed by atoms with Gasteiger partial charge in [0.25, 0.3) is 0 Å². The first-order valence-corrected chi connectivity index (χ1v) is 18.4. The Kier molecular flexibility index (Phi) is 9.40. The monoisotopic (exact) mass is 687 g/mol. The molecule has 0 amide bonds. The second kappa shape index (κ2) is 12.9. The predicted molar refractivity (Wildman–Crippen MR) is 195 cm³/mol. The van der Waals surface area contributed by atoms with Gasteiger partial charge in [0.05, 0.1) is 19.3 Å². The number of methoxy groups -OCH3 is 1. The molecule has 5 heterocycles. The van der Waals surface area contributed by atoms with Gasteiger partial charge in [-0.25, -0.2) is 4.79 Å². The zero-order valence-corrected chi connectivity index (χ0v) is 31.3. The van der Waals surface area contributed by atoms with Crippen LogP contribution in [0.2, 0.25) is 0 Å². The van der Waals surface area contributed by atoms with E-state index in [-0.39, 0.29) is 35.4 Å². The molecular weight excluding hydrogens is 630 g/mol. The summed E-state index contributed by atoms with van der Waals surface area (Å²) in [5.74, 6) is -1.50. The summed E-state index contributed by atoms with van der Waals surface area (Å²) in [4.78, 5) is 51.2. The van der Waals surface area contributed by atoms with E-state index in [2.05, 4.69) is 78.0 Å². The predicted octanol–water partition coefficient (Wildman–Crippen LogP) is 3.24. The number of carbonyl (C=O) groups excluding carboxylic acids is 3. The number of Topliss-reactive ketones (excluding diaryl/α,β-unsaturated/α-hetero) is 1. The molecule has 50 heavy (non-hydrogen) atoms. The van der Waals surface area contributed by atoms with Gasteiger partial charge in [0.15, 0.2) is 11.3 Å². The fourth-order valence-electron chi connectivity index (χ4n) is 10.7. The summed E-state index contributed by atoms with van der Waals surface area (Å²) < 4.78 is 11.1. The van der Waals surface area contributed by atoms with Crippen LogP contribution < -0.4 is 21.3 Å². The van der Waals surface area contributed by atoms with Gasteiger partial charge in [-0.05, 0) is 101 Å². The molecule has 0 spiro atoms. The second-order valence-corrected chi connectivity index (χ2v) is 16.3. The van der Waals surface area contributed by atoms with Crippen LogP contribution in [-0.4, -0.2) is 89.1 Å². The van der Waals surface area contributed by atoms with Crippen molar-refractivity contribution in [3.63, 3.8) is 0 Å².